The molecule has 0 saturated carbocycles. The summed E-state index contributed by atoms with van der Waals surface area (Å²) >= 11 is 0. The van der Waals surface area contributed by atoms with Crippen LogP contribution in [0.15, 0.2) is 30.6 Å². The fourth-order valence-electron chi connectivity index (χ4n) is 1.71. The van der Waals surface area contributed by atoms with Gasteiger partial charge < -0.3 is 0 Å². The maximum atomic E-state index is 4.36. The van der Waals surface area contributed by atoms with E-state index in [2.05, 4.69) is 34.2 Å². The Bertz CT molecular complexity index is 465. The molecular formula is C12H17N5. The van der Waals surface area contributed by atoms with Crippen LogP contribution in [-0.2, 0) is 13.6 Å². The molecule has 5 heteroatoms. The van der Waals surface area contributed by atoms with E-state index in [-0.39, 0.29) is 6.04 Å². The summed E-state index contributed by atoms with van der Waals surface area (Å²) in [6.07, 6.45) is 3.75. The molecule has 2 rings (SSSR count). The van der Waals surface area contributed by atoms with Crippen molar-refractivity contribution in [3.63, 3.8) is 0 Å². The van der Waals surface area contributed by atoms with Crippen LogP contribution < -0.4 is 0 Å². The molecule has 2 heterocycles. The fourth-order valence-corrected chi connectivity index (χ4v) is 1.71. The van der Waals surface area contributed by atoms with E-state index >= 15 is 0 Å². The lowest BCUT2D eigenvalue weighted by molar-refractivity contribution is 0.245. The predicted molar refractivity (Wildman–Crippen MR) is 65.1 cm³/mol. The highest BCUT2D eigenvalue weighted by Crippen LogP contribution is 2.17. The van der Waals surface area contributed by atoms with Gasteiger partial charge in [-0.05, 0) is 26.1 Å². The molecule has 90 valence electrons. The Morgan fingerprint density at radius 1 is 1.41 bits per heavy atom. The highest BCUT2D eigenvalue weighted by molar-refractivity contribution is 5.08. The standard InChI is InChI=1S/C12H17N5/c1-10(12-6-4-5-7-13-12)16(2)8-11-9-17(3)15-14-11/h4-7,9-10H,8H2,1-3H3. The van der Waals surface area contributed by atoms with E-state index in [4.69, 9.17) is 0 Å². The van der Waals surface area contributed by atoms with Crippen molar-refractivity contribution < 1.29 is 0 Å². The van der Waals surface area contributed by atoms with Gasteiger partial charge in [-0.2, -0.15) is 0 Å². The van der Waals surface area contributed by atoms with Gasteiger partial charge in [-0.3, -0.25) is 14.6 Å². The summed E-state index contributed by atoms with van der Waals surface area (Å²) in [5.41, 5.74) is 2.04. The molecule has 0 amide bonds. The van der Waals surface area contributed by atoms with Crippen molar-refractivity contribution in [2.24, 2.45) is 7.05 Å². The minimum atomic E-state index is 0.262. The SMILES string of the molecule is CC(c1ccccn1)N(C)Cc1cn(C)nn1. The van der Waals surface area contributed by atoms with Gasteiger partial charge in [-0.1, -0.05) is 11.3 Å². The number of rotatable bonds is 4. The van der Waals surface area contributed by atoms with Crippen molar-refractivity contribution in [1.82, 2.24) is 24.9 Å². The van der Waals surface area contributed by atoms with Crippen LogP contribution in [0, 0.1) is 0 Å². The highest BCUT2D eigenvalue weighted by Gasteiger charge is 2.13. The zero-order valence-corrected chi connectivity index (χ0v) is 10.4. The largest absolute Gasteiger partial charge is 0.292 e. The zero-order chi connectivity index (χ0) is 12.3. The summed E-state index contributed by atoms with van der Waals surface area (Å²) in [5.74, 6) is 0. The summed E-state index contributed by atoms with van der Waals surface area (Å²) < 4.78 is 1.72. The molecule has 0 bridgehead atoms. The number of pyridine rings is 1. The van der Waals surface area contributed by atoms with Crippen molar-refractivity contribution in [3.8, 4) is 0 Å². The van der Waals surface area contributed by atoms with Crippen LogP contribution in [0.5, 0.6) is 0 Å². The first-order valence-corrected chi connectivity index (χ1v) is 5.63. The maximum Gasteiger partial charge on any atom is 0.0967 e. The predicted octanol–water partition coefficient (Wildman–Crippen LogP) is 1.40. The molecule has 0 radical (unpaired) electrons. The van der Waals surface area contributed by atoms with Gasteiger partial charge in [0.15, 0.2) is 0 Å². The molecule has 0 N–H and O–H groups in total. The molecule has 0 aromatic carbocycles. The topological polar surface area (TPSA) is 46.8 Å². The third-order valence-corrected chi connectivity index (χ3v) is 2.84. The second-order valence-corrected chi connectivity index (χ2v) is 4.23. The number of aromatic nitrogens is 4. The van der Waals surface area contributed by atoms with Crippen LogP contribution in [0.3, 0.4) is 0 Å². The lowest BCUT2D eigenvalue weighted by Gasteiger charge is -2.22. The molecule has 1 atom stereocenters. The monoisotopic (exact) mass is 231 g/mol. The molecule has 0 spiro atoms. The zero-order valence-electron chi connectivity index (χ0n) is 10.4. The van der Waals surface area contributed by atoms with E-state index in [0.717, 1.165) is 17.9 Å². The average molecular weight is 231 g/mol. The third-order valence-electron chi connectivity index (χ3n) is 2.84. The molecule has 0 aliphatic heterocycles. The molecule has 0 aliphatic carbocycles. The Labute approximate surface area is 101 Å². The van der Waals surface area contributed by atoms with E-state index in [1.807, 2.05) is 37.6 Å². The number of aryl methyl sites for hydroxylation is 1. The molecule has 0 saturated heterocycles. The lowest BCUT2D eigenvalue weighted by Crippen LogP contribution is -2.22. The second kappa shape index (κ2) is 5.05. The summed E-state index contributed by atoms with van der Waals surface area (Å²) in [4.78, 5) is 6.56. The first kappa shape index (κ1) is 11.7. The van der Waals surface area contributed by atoms with Gasteiger partial charge in [0.05, 0.1) is 11.4 Å². The van der Waals surface area contributed by atoms with Crippen molar-refractivity contribution in [1.29, 1.82) is 0 Å². The van der Waals surface area contributed by atoms with Crippen molar-refractivity contribution in [3.05, 3.63) is 42.0 Å². The minimum Gasteiger partial charge on any atom is -0.292 e. The molecule has 1 unspecified atom stereocenters. The highest BCUT2D eigenvalue weighted by atomic mass is 15.4. The van der Waals surface area contributed by atoms with E-state index in [1.54, 1.807) is 4.68 Å². The Morgan fingerprint density at radius 2 is 2.24 bits per heavy atom. The van der Waals surface area contributed by atoms with Gasteiger partial charge in [-0.25, -0.2) is 0 Å². The first-order chi connectivity index (χ1) is 8.16. The van der Waals surface area contributed by atoms with Crippen LogP contribution in [0.1, 0.15) is 24.4 Å². The molecule has 0 fully saturated rings. The normalized spacial score (nSPS) is 12.9. The summed E-state index contributed by atoms with van der Waals surface area (Å²) in [7, 11) is 3.94. The minimum absolute atomic E-state index is 0.262. The van der Waals surface area contributed by atoms with Gasteiger partial charge in [0, 0.05) is 32.0 Å². The van der Waals surface area contributed by atoms with Crippen molar-refractivity contribution in [2.45, 2.75) is 19.5 Å². The first-order valence-electron chi connectivity index (χ1n) is 5.63. The van der Waals surface area contributed by atoms with Crippen LogP contribution in [0.4, 0.5) is 0 Å². The Hall–Kier alpha value is -1.75. The fraction of sp³-hybridized carbons (Fsp3) is 0.417. The van der Waals surface area contributed by atoms with Gasteiger partial charge >= 0.3 is 0 Å². The van der Waals surface area contributed by atoms with Crippen LogP contribution in [-0.4, -0.2) is 31.9 Å². The van der Waals surface area contributed by atoms with E-state index < -0.39 is 0 Å². The molecule has 2 aromatic heterocycles. The van der Waals surface area contributed by atoms with E-state index in [1.165, 1.54) is 0 Å². The molecule has 2 aromatic rings. The van der Waals surface area contributed by atoms with Crippen molar-refractivity contribution >= 4 is 0 Å². The molecule has 17 heavy (non-hydrogen) atoms. The summed E-state index contributed by atoms with van der Waals surface area (Å²) in [6.45, 7) is 2.91. The number of hydrogen-bond acceptors (Lipinski definition) is 4. The molecule has 0 aliphatic rings. The Kier molecular flexibility index (Phi) is 3.49. The van der Waals surface area contributed by atoms with Crippen molar-refractivity contribution in [2.75, 3.05) is 7.05 Å². The van der Waals surface area contributed by atoms with Gasteiger partial charge in [0.25, 0.3) is 0 Å². The van der Waals surface area contributed by atoms with Crippen LogP contribution >= 0.6 is 0 Å². The lowest BCUT2D eigenvalue weighted by atomic mass is 10.2. The van der Waals surface area contributed by atoms with Gasteiger partial charge in [-0.15, -0.1) is 5.10 Å². The Balaban J connectivity index is 2.03. The summed E-state index contributed by atoms with van der Waals surface area (Å²) in [6, 6.07) is 6.24. The quantitative estimate of drug-likeness (QED) is 0.798. The number of hydrogen-bond donors (Lipinski definition) is 0. The smallest absolute Gasteiger partial charge is 0.0967 e. The number of nitrogens with zero attached hydrogens (tertiary/aromatic N) is 5. The van der Waals surface area contributed by atoms with Gasteiger partial charge in [0.2, 0.25) is 0 Å². The third kappa shape index (κ3) is 2.88. The van der Waals surface area contributed by atoms with Crippen LogP contribution in [0.25, 0.3) is 0 Å². The average Bonchev–Trinajstić information content (AvgIpc) is 2.75. The van der Waals surface area contributed by atoms with Crippen LogP contribution in [0.2, 0.25) is 0 Å². The molecular weight excluding hydrogens is 214 g/mol. The maximum absolute atomic E-state index is 4.36. The van der Waals surface area contributed by atoms with E-state index in [9.17, 15) is 0 Å². The second-order valence-electron chi connectivity index (χ2n) is 4.23. The van der Waals surface area contributed by atoms with Gasteiger partial charge in [0.1, 0.15) is 0 Å². The summed E-state index contributed by atoms with van der Waals surface area (Å²) in [5, 5.41) is 8.01. The molecule has 5 nitrogen and oxygen atoms in total. The Morgan fingerprint density at radius 3 is 2.82 bits per heavy atom. The van der Waals surface area contributed by atoms with E-state index in [0.29, 0.717) is 0 Å².